The first-order valence-corrected chi connectivity index (χ1v) is 10.3. The highest BCUT2D eigenvalue weighted by Crippen LogP contribution is 2.40. The first kappa shape index (κ1) is 17.7. The smallest absolute Gasteiger partial charge is 0.211 e. The fraction of sp³-hybridized carbons (Fsp3) is 0.421. The Kier molecular flexibility index (Phi) is 4.37. The first-order valence-electron chi connectivity index (χ1n) is 9.44. The zero-order valence-corrected chi connectivity index (χ0v) is 16.3. The number of nitrogen functional groups attached to an aromatic ring is 1. The maximum Gasteiger partial charge on any atom is 0.211 e. The number of nitrogens with two attached hydrogens (primary N) is 2. The van der Waals surface area contributed by atoms with Gasteiger partial charge in [0, 0.05) is 54.2 Å². The van der Waals surface area contributed by atoms with Gasteiger partial charge in [-0.25, -0.2) is 15.0 Å². The number of imidazole rings is 1. The summed E-state index contributed by atoms with van der Waals surface area (Å²) in [6, 6.07) is 3.93. The third-order valence-corrected chi connectivity index (χ3v) is 6.87. The molecule has 3 aromatic heterocycles. The number of aromatic nitrogens is 4. The van der Waals surface area contributed by atoms with E-state index >= 15 is 0 Å². The number of anilines is 2. The minimum atomic E-state index is 0.127. The topological polar surface area (TPSA) is 108 Å². The van der Waals surface area contributed by atoms with Gasteiger partial charge in [-0.3, -0.25) is 4.40 Å². The normalized spacial score (nSPS) is 21.6. The summed E-state index contributed by atoms with van der Waals surface area (Å²) in [7, 11) is 0. The van der Waals surface area contributed by atoms with Crippen LogP contribution in [-0.2, 0) is 4.74 Å². The third-order valence-electron chi connectivity index (χ3n) is 5.87. The molecular formula is C19H23N7OS. The van der Waals surface area contributed by atoms with Gasteiger partial charge in [0.25, 0.3) is 0 Å². The van der Waals surface area contributed by atoms with Crippen LogP contribution >= 0.6 is 11.8 Å². The zero-order valence-electron chi connectivity index (χ0n) is 15.5. The Labute approximate surface area is 167 Å². The summed E-state index contributed by atoms with van der Waals surface area (Å²) >= 11 is 1.59. The van der Waals surface area contributed by atoms with Gasteiger partial charge in [0.05, 0.1) is 18.1 Å². The van der Waals surface area contributed by atoms with E-state index in [-0.39, 0.29) is 11.5 Å². The maximum absolute atomic E-state index is 6.32. The lowest BCUT2D eigenvalue weighted by atomic mass is 9.75. The molecule has 8 nitrogen and oxygen atoms in total. The number of ether oxygens (including phenoxy) is 1. The number of piperidine rings is 1. The van der Waals surface area contributed by atoms with Gasteiger partial charge in [0.1, 0.15) is 5.82 Å². The van der Waals surface area contributed by atoms with Crippen molar-refractivity contribution in [2.75, 3.05) is 36.9 Å². The van der Waals surface area contributed by atoms with Crippen LogP contribution in [0.3, 0.4) is 0 Å². The average Bonchev–Trinajstić information content (AvgIpc) is 3.31. The quantitative estimate of drug-likeness (QED) is 0.689. The Morgan fingerprint density at radius 2 is 2.04 bits per heavy atom. The van der Waals surface area contributed by atoms with Gasteiger partial charge >= 0.3 is 0 Å². The van der Waals surface area contributed by atoms with Gasteiger partial charge in [-0.2, -0.15) is 0 Å². The van der Waals surface area contributed by atoms with Crippen molar-refractivity contribution in [1.82, 2.24) is 19.4 Å². The summed E-state index contributed by atoms with van der Waals surface area (Å²) in [5.74, 6) is 1.43. The molecule has 2 saturated heterocycles. The monoisotopic (exact) mass is 397 g/mol. The van der Waals surface area contributed by atoms with Crippen LogP contribution in [0, 0.1) is 5.41 Å². The summed E-state index contributed by atoms with van der Waals surface area (Å²) < 4.78 is 7.70. The van der Waals surface area contributed by atoms with Crippen LogP contribution in [0.5, 0.6) is 0 Å². The number of hydrogen-bond acceptors (Lipinski definition) is 8. The highest BCUT2D eigenvalue weighted by atomic mass is 32.2. The van der Waals surface area contributed by atoms with E-state index in [0.717, 1.165) is 53.9 Å². The van der Waals surface area contributed by atoms with Gasteiger partial charge < -0.3 is 21.1 Å². The van der Waals surface area contributed by atoms with Gasteiger partial charge in [-0.05, 0) is 25.0 Å². The fourth-order valence-electron chi connectivity index (χ4n) is 4.15. The molecule has 2 aliphatic rings. The van der Waals surface area contributed by atoms with Gasteiger partial charge in [-0.15, -0.1) is 0 Å². The molecule has 3 aromatic rings. The Hall–Kier alpha value is -2.36. The van der Waals surface area contributed by atoms with Crippen LogP contribution < -0.4 is 16.4 Å². The summed E-state index contributed by atoms with van der Waals surface area (Å²) in [6.45, 7) is 3.30. The van der Waals surface area contributed by atoms with Crippen molar-refractivity contribution in [3.8, 4) is 0 Å². The van der Waals surface area contributed by atoms with Crippen molar-refractivity contribution in [3.63, 3.8) is 0 Å². The lowest BCUT2D eigenvalue weighted by Crippen LogP contribution is -2.49. The molecular weight excluding hydrogens is 374 g/mol. The molecule has 146 valence electrons. The van der Waals surface area contributed by atoms with E-state index in [1.807, 2.05) is 30.7 Å². The van der Waals surface area contributed by atoms with Crippen molar-refractivity contribution in [1.29, 1.82) is 0 Å². The Bertz CT molecular complexity index is 999. The number of nitrogens with zero attached hydrogens (tertiary/aromatic N) is 5. The molecule has 1 spiro atoms. The molecule has 0 bridgehead atoms. The molecule has 9 heteroatoms. The highest BCUT2D eigenvalue weighted by molar-refractivity contribution is 7.99. The highest BCUT2D eigenvalue weighted by Gasteiger charge is 2.44. The van der Waals surface area contributed by atoms with Gasteiger partial charge in [-0.1, -0.05) is 11.8 Å². The molecule has 1 atom stereocenters. The maximum atomic E-state index is 6.32. The van der Waals surface area contributed by atoms with E-state index in [1.165, 1.54) is 0 Å². The summed E-state index contributed by atoms with van der Waals surface area (Å²) in [5, 5.41) is 0. The number of pyridine rings is 1. The first-order chi connectivity index (χ1) is 13.6. The second kappa shape index (κ2) is 6.91. The molecule has 0 unspecified atom stereocenters. The SMILES string of the molecule is Nc1cc(Sc2cnc(N3CCC4(CC3)COC[C@H]4N)n3ccnc23)ccn1. The lowest BCUT2D eigenvalue weighted by Gasteiger charge is -2.41. The number of rotatable bonds is 3. The third kappa shape index (κ3) is 2.99. The van der Waals surface area contributed by atoms with Crippen molar-refractivity contribution in [2.24, 2.45) is 11.1 Å². The van der Waals surface area contributed by atoms with E-state index in [1.54, 1.807) is 18.0 Å². The summed E-state index contributed by atoms with van der Waals surface area (Å²) in [6.07, 6.45) is 9.45. The predicted octanol–water partition coefficient (Wildman–Crippen LogP) is 1.80. The van der Waals surface area contributed by atoms with E-state index < -0.39 is 0 Å². The largest absolute Gasteiger partial charge is 0.384 e. The molecule has 28 heavy (non-hydrogen) atoms. The van der Waals surface area contributed by atoms with Crippen LogP contribution in [0.15, 0.2) is 46.7 Å². The molecule has 5 rings (SSSR count). The Morgan fingerprint density at radius 3 is 2.79 bits per heavy atom. The van der Waals surface area contributed by atoms with Crippen molar-refractivity contribution in [3.05, 3.63) is 36.9 Å². The second-order valence-corrected chi connectivity index (χ2v) is 8.65. The molecule has 0 aromatic carbocycles. The van der Waals surface area contributed by atoms with Crippen molar-refractivity contribution < 1.29 is 4.74 Å². The van der Waals surface area contributed by atoms with E-state index in [2.05, 4.69) is 19.3 Å². The molecule has 5 heterocycles. The Balaban J connectivity index is 1.40. The van der Waals surface area contributed by atoms with E-state index in [0.29, 0.717) is 12.4 Å². The van der Waals surface area contributed by atoms with Crippen LogP contribution in [0.1, 0.15) is 12.8 Å². The average molecular weight is 398 g/mol. The van der Waals surface area contributed by atoms with Crippen molar-refractivity contribution in [2.45, 2.75) is 28.7 Å². The molecule has 4 N–H and O–H groups in total. The molecule has 0 amide bonds. The van der Waals surface area contributed by atoms with Crippen LogP contribution in [0.4, 0.5) is 11.8 Å². The minimum Gasteiger partial charge on any atom is -0.384 e. The molecule has 0 radical (unpaired) electrons. The number of hydrogen-bond donors (Lipinski definition) is 2. The van der Waals surface area contributed by atoms with Crippen LogP contribution in [-0.4, -0.2) is 51.7 Å². The van der Waals surface area contributed by atoms with Gasteiger partial charge in [0.2, 0.25) is 5.95 Å². The van der Waals surface area contributed by atoms with Gasteiger partial charge in [0.15, 0.2) is 5.65 Å². The fourth-order valence-corrected chi connectivity index (χ4v) is 5.06. The zero-order chi connectivity index (χ0) is 19.1. The van der Waals surface area contributed by atoms with E-state index in [4.69, 9.17) is 21.2 Å². The molecule has 2 aliphatic heterocycles. The Morgan fingerprint density at radius 1 is 1.18 bits per heavy atom. The van der Waals surface area contributed by atoms with E-state index in [9.17, 15) is 0 Å². The molecule has 2 fully saturated rings. The van der Waals surface area contributed by atoms with Crippen LogP contribution in [0.2, 0.25) is 0 Å². The summed E-state index contributed by atoms with van der Waals surface area (Å²) in [5.41, 5.74) is 13.1. The standard InChI is InChI=1S/C19H23N7OS/c20-15-11-27-12-19(15)2-6-25(7-3-19)18-24-10-14(17-23-5-8-26(17)18)28-13-1-4-22-16(21)9-13/h1,4-5,8-10,15H,2-3,6-7,11-12,20H2,(H2,21,22)/t15-/m1/s1. The summed E-state index contributed by atoms with van der Waals surface area (Å²) in [4.78, 5) is 17.7. The van der Waals surface area contributed by atoms with Crippen LogP contribution in [0.25, 0.3) is 5.65 Å². The lowest BCUT2D eigenvalue weighted by molar-refractivity contribution is 0.131. The molecule has 0 saturated carbocycles. The minimum absolute atomic E-state index is 0.127. The predicted molar refractivity (Wildman–Crippen MR) is 108 cm³/mol. The molecule has 0 aliphatic carbocycles. The van der Waals surface area contributed by atoms with Crippen molar-refractivity contribution >= 4 is 29.2 Å². The number of fused-ring (bicyclic) bond motifs is 1. The second-order valence-electron chi connectivity index (χ2n) is 7.53.